The van der Waals surface area contributed by atoms with E-state index in [-0.39, 0.29) is 0 Å². The van der Waals surface area contributed by atoms with Crippen molar-refractivity contribution in [3.63, 3.8) is 0 Å². The zero-order valence-corrected chi connectivity index (χ0v) is 9.60. The van der Waals surface area contributed by atoms with Crippen molar-refractivity contribution in [1.82, 2.24) is 0 Å². The maximum absolute atomic E-state index is 13.4. The summed E-state index contributed by atoms with van der Waals surface area (Å²) in [6.45, 7) is -1.65. The van der Waals surface area contributed by atoms with Gasteiger partial charge in [0.2, 0.25) is 0 Å². The molecule has 0 aliphatic carbocycles. The minimum absolute atomic E-state index is 0.401. The summed E-state index contributed by atoms with van der Waals surface area (Å²) < 4.78 is 52.6. The third kappa shape index (κ3) is 3.58. The van der Waals surface area contributed by atoms with Crippen LogP contribution in [0.4, 0.5) is 17.6 Å². The predicted octanol–water partition coefficient (Wildman–Crippen LogP) is 3.23. The Morgan fingerprint density at radius 3 is 2.47 bits per heavy atom. The summed E-state index contributed by atoms with van der Waals surface area (Å²) in [4.78, 5) is 10.6. The van der Waals surface area contributed by atoms with Crippen molar-refractivity contribution in [3.8, 4) is 5.75 Å². The number of hydrogen-bond acceptors (Lipinski definition) is 2. The highest BCUT2D eigenvalue weighted by Gasteiger charge is 2.29. The maximum Gasteiger partial charge on any atom is 0.422 e. The topological polar surface area (TPSA) is 46.5 Å². The van der Waals surface area contributed by atoms with Gasteiger partial charge in [-0.1, -0.05) is 0 Å². The third-order valence-corrected chi connectivity index (χ3v) is 2.44. The van der Waals surface area contributed by atoms with E-state index in [0.717, 1.165) is 12.1 Å². The molecular formula is C9H5BrF4O3. The first-order chi connectivity index (χ1) is 7.72. The van der Waals surface area contributed by atoms with E-state index in [9.17, 15) is 22.4 Å². The second kappa shape index (κ2) is 4.91. The van der Waals surface area contributed by atoms with Gasteiger partial charge in [0.1, 0.15) is 0 Å². The molecule has 0 fully saturated rings. The first-order valence-corrected chi connectivity index (χ1v) is 4.92. The quantitative estimate of drug-likeness (QED) is 0.871. The highest BCUT2D eigenvalue weighted by atomic mass is 79.9. The Bertz CT molecular complexity index is 445. The number of halogens is 5. The molecule has 0 amide bonds. The normalized spacial score (nSPS) is 11.4. The van der Waals surface area contributed by atoms with Gasteiger partial charge < -0.3 is 9.84 Å². The van der Waals surface area contributed by atoms with Crippen LogP contribution in [-0.4, -0.2) is 23.9 Å². The summed E-state index contributed by atoms with van der Waals surface area (Å²) in [5, 5.41) is 8.62. The Morgan fingerprint density at radius 2 is 2.00 bits per heavy atom. The van der Waals surface area contributed by atoms with Gasteiger partial charge in [-0.2, -0.15) is 13.2 Å². The fourth-order valence-electron chi connectivity index (χ4n) is 0.968. The SMILES string of the molecule is O=C(O)c1ccc(OCC(F)(F)F)c(F)c1Br. The third-order valence-electron chi connectivity index (χ3n) is 1.67. The molecule has 0 heterocycles. The van der Waals surface area contributed by atoms with Crippen LogP contribution >= 0.6 is 15.9 Å². The van der Waals surface area contributed by atoms with Crippen LogP contribution in [0.5, 0.6) is 5.75 Å². The average molecular weight is 317 g/mol. The van der Waals surface area contributed by atoms with Crippen molar-refractivity contribution in [3.05, 3.63) is 28.0 Å². The minimum Gasteiger partial charge on any atom is -0.481 e. The highest BCUT2D eigenvalue weighted by Crippen LogP contribution is 2.29. The number of carbonyl (C=O) groups is 1. The van der Waals surface area contributed by atoms with Gasteiger partial charge >= 0.3 is 12.1 Å². The summed E-state index contributed by atoms with van der Waals surface area (Å²) >= 11 is 2.63. The number of aromatic carboxylic acids is 1. The van der Waals surface area contributed by atoms with E-state index in [4.69, 9.17) is 5.11 Å². The molecule has 0 aliphatic rings. The Morgan fingerprint density at radius 1 is 1.41 bits per heavy atom. The largest absolute Gasteiger partial charge is 0.481 e. The van der Waals surface area contributed by atoms with Crippen LogP contribution in [0, 0.1) is 5.82 Å². The fourth-order valence-corrected chi connectivity index (χ4v) is 1.47. The van der Waals surface area contributed by atoms with Crippen LogP contribution in [0.2, 0.25) is 0 Å². The number of ether oxygens (including phenoxy) is 1. The van der Waals surface area contributed by atoms with Crippen molar-refractivity contribution >= 4 is 21.9 Å². The van der Waals surface area contributed by atoms with Crippen LogP contribution in [-0.2, 0) is 0 Å². The van der Waals surface area contributed by atoms with E-state index in [0.29, 0.717) is 0 Å². The molecule has 1 rings (SSSR count). The summed E-state index contributed by atoms with van der Waals surface area (Å²) in [6, 6.07) is 1.77. The van der Waals surface area contributed by atoms with Gasteiger partial charge in [0.25, 0.3) is 0 Å². The molecule has 1 N–H and O–H groups in total. The second-order valence-electron chi connectivity index (χ2n) is 2.95. The van der Waals surface area contributed by atoms with Gasteiger partial charge in [-0.15, -0.1) is 0 Å². The van der Waals surface area contributed by atoms with Gasteiger partial charge in [0.15, 0.2) is 18.2 Å². The standard InChI is InChI=1S/C9H5BrF4O3/c10-6-4(8(15)16)1-2-5(7(6)11)17-3-9(12,13)14/h1-2H,3H2,(H,15,16). The highest BCUT2D eigenvalue weighted by molar-refractivity contribution is 9.10. The minimum atomic E-state index is -4.59. The molecule has 0 unspecified atom stereocenters. The lowest BCUT2D eigenvalue weighted by Crippen LogP contribution is -2.19. The summed E-state index contributed by atoms with van der Waals surface area (Å²) in [5.74, 6) is -3.26. The molecule has 0 saturated carbocycles. The number of benzene rings is 1. The van der Waals surface area contributed by atoms with E-state index in [1.165, 1.54) is 0 Å². The van der Waals surface area contributed by atoms with Crippen LogP contribution in [0.25, 0.3) is 0 Å². The second-order valence-corrected chi connectivity index (χ2v) is 3.74. The molecule has 0 saturated heterocycles. The molecule has 0 bridgehead atoms. The number of carboxylic acid groups (broad SMARTS) is 1. The van der Waals surface area contributed by atoms with Gasteiger partial charge in [-0.25, -0.2) is 9.18 Å². The van der Waals surface area contributed by atoms with Crippen molar-refractivity contribution in [1.29, 1.82) is 0 Å². The maximum atomic E-state index is 13.4. The first-order valence-electron chi connectivity index (χ1n) is 4.13. The smallest absolute Gasteiger partial charge is 0.422 e. The molecular weight excluding hydrogens is 312 g/mol. The molecule has 94 valence electrons. The lowest BCUT2D eigenvalue weighted by atomic mass is 10.2. The molecule has 0 aromatic heterocycles. The van der Waals surface area contributed by atoms with E-state index in [1.54, 1.807) is 0 Å². The van der Waals surface area contributed by atoms with Crippen LogP contribution in [0.1, 0.15) is 10.4 Å². The van der Waals surface area contributed by atoms with Crippen molar-refractivity contribution in [2.45, 2.75) is 6.18 Å². The Balaban J connectivity index is 2.97. The van der Waals surface area contributed by atoms with Crippen LogP contribution in [0.15, 0.2) is 16.6 Å². The lowest BCUT2D eigenvalue weighted by Gasteiger charge is -2.11. The lowest BCUT2D eigenvalue weighted by molar-refractivity contribution is -0.153. The number of carboxylic acids is 1. The van der Waals surface area contributed by atoms with E-state index in [2.05, 4.69) is 20.7 Å². The van der Waals surface area contributed by atoms with Gasteiger partial charge in [0.05, 0.1) is 10.0 Å². The van der Waals surface area contributed by atoms with Crippen LogP contribution in [0.3, 0.4) is 0 Å². The Hall–Kier alpha value is -1.31. The van der Waals surface area contributed by atoms with Crippen molar-refractivity contribution in [2.24, 2.45) is 0 Å². The van der Waals surface area contributed by atoms with Gasteiger partial charge in [-0.3, -0.25) is 0 Å². The fraction of sp³-hybridized carbons (Fsp3) is 0.222. The monoisotopic (exact) mass is 316 g/mol. The van der Waals surface area contributed by atoms with Gasteiger partial charge in [0, 0.05) is 0 Å². The first kappa shape index (κ1) is 13.8. The number of hydrogen-bond donors (Lipinski definition) is 1. The van der Waals surface area contributed by atoms with E-state index in [1.807, 2.05) is 0 Å². The zero-order valence-electron chi connectivity index (χ0n) is 8.02. The molecule has 0 radical (unpaired) electrons. The summed E-state index contributed by atoms with van der Waals surface area (Å²) in [5.41, 5.74) is -0.401. The molecule has 0 aliphatic heterocycles. The molecule has 1 aromatic carbocycles. The molecule has 8 heteroatoms. The predicted molar refractivity (Wildman–Crippen MR) is 52.6 cm³/mol. The Labute approximate surface area is 101 Å². The number of rotatable bonds is 3. The van der Waals surface area contributed by atoms with E-state index >= 15 is 0 Å². The average Bonchev–Trinajstić information content (AvgIpc) is 2.18. The summed E-state index contributed by atoms with van der Waals surface area (Å²) in [7, 11) is 0. The van der Waals surface area contributed by atoms with Crippen molar-refractivity contribution in [2.75, 3.05) is 6.61 Å². The Kier molecular flexibility index (Phi) is 3.97. The van der Waals surface area contributed by atoms with E-state index < -0.39 is 40.4 Å². The molecule has 0 atom stereocenters. The molecule has 0 spiro atoms. The molecule has 1 aromatic rings. The van der Waals surface area contributed by atoms with Gasteiger partial charge in [-0.05, 0) is 28.1 Å². The molecule has 17 heavy (non-hydrogen) atoms. The van der Waals surface area contributed by atoms with Crippen LogP contribution < -0.4 is 4.74 Å². The zero-order chi connectivity index (χ0) is 13.2. The number of alkyl halides is 3. The molecule has 3 nitrogen and oxygen atoms in total. The summed E-state index contributed by atoms with van der Waals surface area (Å²) in [6.07, 6.45) is -4.59. The van der Waals surface area contributed by atoms with Crippen molar-refractivity contribution < 1.29 is 32.2 Å².